The van der Waals surface area contributed by atoms with E-state index in [1.807, 2.05) is 66.7 Å². The van der Waals surface area contributed by atoms with Crippen LogP contribution in [0.3, 0.4) is 0 Å². The van der Waals surface area contributed by atoms with Crippen LogP contribution in [0.25, 0.3) is 0 Å². The van der Waals surface area contributed by atoms with Gasteiger partial charge in [0.15, 0.2) is 0 Å². The standard InChI is InChI=1S/C32H39N3O5/c1-32(2,3)40-31(39)34-26(18-21-9-5-4-6-10-21)27(36)20-24(17-22-13-15-33-16-14-22)30(38)35-29-25-12-8-7-11-23(25)19-28(29)37/h4-16,24,26-29,36-37H,17-20H2,1-3H3,(H,34,39)(H,35,38)/t24-,26+,27+,28-,29+/m1/s1. The highest BCUT2D eigenvalue weighted by Crippen LogP contribution is 2.32. The first-order valence-electron chi connectivity index (χ1n) is 13.8. The number of benzene rings is 2. The number of nitrogens with zero attached hydrogens (tertiary/aromatic N) is 1. The van der Waals surface area contributed by atoms with Crippen molar-refractivity contribution >= 4 is 12.0 Å². The zero-order chi connectivity index (χ0) is 28.7. The van der Waals surface area contributed by atoms with Crippen LogP contribution in [0.1, 0.15) is 55.5 Å². The Morgan fingerprint density at radius 1 is 0.975 bits per heavy atom. The van der Waals surface area contributed by atoms with Gasteiger partial charge in [0, 0.05) is 24.7 Å². The number of amides is 2. The number of hydrogen-bond acceptors (Lipinski definition) is 6. The lowest BCUT2D eigenvalue weighted by atomic mass is 9.88. The average Bonchev–Trinajstić information content (AvgIpc) is 3.22. The molecule has 0 saturated heterocycles. The van der Waals surface area contributed by atoms with Crippen LogP contribution in [-0.4, -0.2) is 51.0 Å². The Morgan fingerprint density at radius 2 is 1.62 bits per heavy atom. The number of aliphatic hydroxyl groups is 2. The fraction of sp³-hybridized carbons (Fsp3) is 0.406. The molecule has 1 aliphatic carbocycles. The number of aromatic nitrogens is 1. The number of hydrogen-bond donors (Lipinski definition) is 4. The SMILES string of the molecule is CC(C)(C)OC(=O)N[C@@H](Cc1ccccc1)[C@@H](O)C[C@@H](Cc1ccncc1)C(=O)N[C@H]1c2ccccc2C[C@H]1O. The minimum Gasteiger partial charge on any atom is -0.444 e. The first-order valence-corrected chi connectivity index (χ1v) is 13.8. The largest absolute Gasteiger partial charge is 0.444 e. The summed E-state index contributed by atoms with van der Waals surface area (Å²) in [6.45, 7) is 5.33. The topological polar surface area (TPSA) is 121 Å². The molecule has 2 aromatic carbocycles. The van der Waals surface area contributed by atoms with Crippen molar-refractivity contribution in [3.63, 3.8) is 0 Å². The highest BCUT2D eigenvalue weighted by molar-refractivity contribution is 5.80. The summed E-state index contributed by atoms with van der Waals surface area (Å²) in [5.41, 5.74) is 3.04. The van der Waals surface area contributed by atoms with Gasteiger partial charge < -0.3 is 25.6 Å². The molecule has 4 N–H and O–H groups in total. The van der Waals surface area contributed by atoms with Gasteiger partial charge in [-0.3, -0.25) is 9.78 Å². The average molecular weight is 546 g/mol. The monoisotopic (exact) mass is 545 g/mol. The number of fused-ring (bicyclic) bond motifs is 1. The first kappa shape index (κ1) is 29.2. The fourth-order valence-corrected chi connectivity index (χ4v) is 5.17. The van der Waals surface area contributed by atoms with Crippen LogP contribution in [0.5, 0.6) is 0 Å². The molecule has 0 spiro atoms. The van der Waals surface area contributed by atoms with Crippen LogP contribution < -0.4 is 10.6 Å². The molecule has 0 aliphatic heterocycles. The summed E-state index contributed by atoms with van der Waals surface area (Å²) in [6.07, 6.45) is 2.20. The van der Waals surface area contributed by atoms with Gasteiger partial charge in [0.05, 0.1) is 24.3 Å². The summed E-state index contributed by atoms with van der Waals surface area (Å²) in [5, 5.41) is 28.1. The Kier molecular flexibility index (Phi) is 9.55. The maximum atomic E-state index is 13.7. The second-order valence-electron chi connectivity index (χ2n) is 11.5. The maximum Gasteiger partial charge on any atom is 0.407 e. The molecule has 2 amide bonds. The molecule has 1 aromatic heterocycles. The van der Waals surface area contributed by atoms with E-state index in [-0.39, 0.29) is 12.3 Å². The van der Waals surface area contributed by atoms with E-state index < -0.39 is 41.9 Å². The van der Waals surface area contributed by atoms with Crippen molar-refractivity contribution in [3.8, 4) is 0 Å². The molecule has 212 valence electrons. The van der Waals surface area contributed by atoms with Crippen LogP contribution in [0.15, 0.2) is 79.1 Å². The molecular formula is C32H39N3O5. The third-order valence-corrected chi connectivity index (χ3v) is 7.10. The van der Waals surface area contributed by atoms with Crippen molar-refractivity contribution in [2.24, 2.45) is 5.92 Å². The molecule has 1 aliphatic rings. The number of ether oxygens (including phenoxy) is 1. The van der Waals surface area contributed by atoms with E-state index in [4.69, 9.17) is 4.74 Å². The van der Waals surface area contributed by atoms with Gasteiger partial charge in [-0.25, -0.2) is 4.79 Å². The molecule has 3 aromatic rings. The van der Waals surface area contributed by atoms with Crippen molar-refractivity contribution in [1.82, 2.24) is 15.6 Å². The van der Waals surface area contributed by atoms with Crippen molar-refractivity contribution in [2.45, 2.75) is 76.3 Å². The molecule has 0 saturated carbocycles. The molecule has 0 radical (unpaired) electrons. The maximum absolute atomic E-state index is 13.7. The lowest BCUT2D eigenvalue weighted by Gasteiger charge is -2.29. The summed E-state index contributed by atoms with van der Waals surface area (Å²) in [4.78, 5) is 30.5. The third-order valence-electron chi connectivity index (χ3n) is 7.10. The summed E-state index contributed by atoms with van der Waals surface area (Å²) in [7, 11) is 0. The second kappa shape index (κ2) is 13.1. The number of pyridine rings is 1. The fourth-order valence-electron chi connectivity index (χ4n) is 5.17. The van der Waals surface area contributed by atoms with Gasteiger partial charge >= 0.3 is 6.09 Å². The molecule has 8 heteroatoms. The first-order chi connectivity index (χ1) is 19.1. The quantitative estimate of drug-likeness (QED) is 0.307. The van der Waals surface area contributed by atoms with Crippen molar-refractivity contribution in [2.75, 3.05) is 0 Å². The highest BCUT2D eigenvalue weighted by Gasteiger charge is 2.35. The van der Waals surface area contributed by atoms with Crippen LogP contribution in [0.2, 0.25) is 0 Å². The summed E-state index contributed by atoms with van der Waals surface area (Å²) < 4.78 is 5.46. The number of carbonyl (C=O) groups excluding carboxylic acids is 2. The Bertz CT molecular complexity index is 1260. The van der Waals surface area contributed by atoms with Gasteiger partial charge in [0.2, 0.25) is 5.91 Å². The van der Waals surface area contributed by atoms with Crippen LogP contribution in [0.4, 0.5) is 4.79 Å². The number of carbonyl (C=O) groups is 2. The minimum atomic E-state index is -1.05. The summed E-state index contributed by atoms with van der Waals surface area (Å²) in [6, 6.07) is 19.7. The van der Waals surface area contributed by atoms with E-state index >= 15 is 0 Å². The van der Waals surface area contributed by atoms with E-state index in [2.05, 4.69) is 15.6 Å². The van der Waals surface area contributed by atoms with Crippen molar-refractivity contribution in [3.05, 3.63) is 101 Å². The smallest absolute Gasteiger partial charge is 0.407 e. The highest BCUT2D eigenvalue weighted by atomic mass is 16.6. The van der Waals surface area contributed by atoms with Gasteiger partial charge in [-0.1, -0.05) is 54.6 Å². The summed E-state index contributed by atoms with van der Waals surface area (Å²) >= 11 is 0. The molecule has 8 nitrogen and oxygen atoms in total. The molecule has 4 rings (SSSR count). The van der Waals surface area contributed by atoms with Gasteiger partial charge in [0.25, 0.3) is 0 Å². The van der Waals surface area contributed by atoms with E-state index in [0.717, 1.165) is 22.3 Å². The molecule has 5 atom stereocenters. The van der Waals surface area contributed by atoms with E-state index in [9.17, 15) is 19.8 Å². The predicted octanol–water partition coefficient (Wildman–Crippen LogP) is 3.90. The molecule has 0 bridgehead atoms. The Morgan fingerprint density at radius 3 is 2.33 bits per heavy atom. The Labute approximate surface area is 235 Å². The van der Waals surface area contributed by atoms with Crippen LogP contribution in [-0.2, 0) is 28.8 Å². The zero-order valence-electron chi connectivity index (χ0n) is 23.3. The minimum absolute atomic E-state index is 0.0892. The predicted molar refractivity (Wildman–Crippen MR) is 152 cm³/mol. The number of nitrogens with one attached hydrogen (secondary N) is 2. The Balaban J connectivity index is 1.54. The molecule has 0 fully saturated rings. The molecular weight excluding hydrogens is 506 g/mol. The van der Waals surface area contributed by atoms with E-state index in [0.29, 0.717) is 19.3 Å². The van der Waals surface area contributed by atoms with Crippen molar-refractivity contribution < 1.29 is 24.5 Å². The molecule has 40 heavy (non-hydrogen) atoms. The third kappa shape index (κ3) is 8.13. The van der Waals surface area contributed by atoms with Gasteiger partial charge in [0.1, 0.15) is 5.60 Å². The van der Waals surface area contributed by atoms with Gasteiger partial charge in [-0.05, 0) is 74.4 Å². The van der Waals surface area contributed by atoms with Crippen LogP contribution >= 0.6 is 0 Å². The molecule has 1 heterocycles. The summed E-state index contributed by atoms with van der Waals surface area (Å²) in [5.74, 6) is -0.900. The lowest BCUT2D eigenvalue weighted by molar-refractivity contribution is -0.127. The van der Waals surface area contributed by atoms with E-state index in [1.54, 1.807) is 33.2 Å². The van der Waals surface area contributed by atoms with Gasteiger partial charge in [-0.15, -0.1) is 0 Å². The van der Waals surface area contributed by atoms with Crippen molar-refractivity contribution in [1.29, 1.82) is 0 Å². The van der Waals surface area contributed by atoms with Crippen LogP contribution in [0, 0.1) is 5.92 Å². The van der Waals surface area contributed by atoms with E-state index in [1.165, 1.54) is 0 Å². The lowest BCUT2D eigenvalue weighted by Crippen LogP contribution is -2.48. The number of rotatable bonds is 10. The Hall–Kier alpha value is -3.75. The number of aliphatic hydroxyl groups excluding tert-OH is 2. The number of alkyl carbamates (subject to hydrolysis) is 1. The van der Waals surface area contributed by atoms with Gasteiger partial charge in [-0.2, -0.15) is 0 Å². The second-order valence-corrected chi connectivity index (χ2v) is 11.5. The normalized spacial score (nSPS) is 18.7. The molecule has 0 unspecified atom stereocenters. The zero-order valence-corrected chi connectivity index (χ0v) is 23.3.